The van der Waals surface area contributed by atoms with Gasteiger partial charge >= 0.3 is 12.2 Å². The van der Waals surface area contributed by atoms with E-state index in [4.69, 9.17) is 5.73 Å². The second-order valence-electron chi connectivity index (χ2n) is 10.00. The number of aromatic nitrogens is 2. The van der Waals surface area contributed by atoms with Crippen molar-refractivity contribution in [3.05, 3.63) is 65.5 Å². The number of nitrogens with zero attached hydrogens (tertiary/aromatic N) is 3. The van der Waals surface area contributed by atoms with Crippen molar-refractivity contribution in [1.82, 2.24) is 15.3 Å². The van der Waals surface area contributed by atoms with Crippen LogP contribution in [0.15, 0.2) is 53.6 Å². The molecule has 1 saturated carbocycles. The lowest BCUT2D eigenvalue weighted by atomic mass is 9.80. The van der Waals surface area contributed by atoms with E-state index >= 15 is 0 Å². The number of benzene rings is 2. The zero-order valence-electron chi connectivity index (χ0n) is 21.3. The fourth-order valence-electron chi connectivity index (χ4n) is 5.57. The Labute approximate surface area is 224 Å². The standard InChI is InChI=1S/C27H28F3N5O3S/c1-2-39(37,38)19-8-5-17(6-9-19)14-33-25(36)35-16-26(11-3-4-12-26)21-13-18(7-10-22(21)35)20-15-32-24(31)34-23(20)27(28,29)30/h5-10,13,15H,2-4,11-12,14,16H2,1H3,(H,33,36)(H2,31,32,34). The first kappa shape index (κ1) is 26.9. The first-order valence-electron chi connectivity index (χ1n) is 12.7. The lowest BCUT2D eigenvalue weighted by molar-refractivity contribution is -0.140. The van der Waals surface area contributed by atoms with E-state index in [-0.39, 0.29) is 34.2 Å². The number of alkyl halides is 3. The number of nitrogens with two attached hydrogens (primary N) is 1. The minimum atomic E-state index is -4.71. The summed E-state index contributed by atoms with van der Waals surface area (Å²) in [6, 6.07) is 11.0. The Hall–Kier alpha value is -3.67. The summed E-state index contributed by atoms with van der Waals surface area (Å²) in [5.41, 5.74) is 6.40. The molecule has 3 N–H and O–H groups in total. The second-order valence-corrected chi connectivity index (χ2v) is 12.3. The van der Waals surface area contributed by atoms with Crippen LogP contribution in [0.5, 0.6) is 0 Å². The second kappa shape index (κ2) is 9.82. The molecule has 39 heavy (non-hydrogen) atoms. The molecule has 2 amide bonds. The van der Waals surface area contributed by atoms with Crippen LogP contribution >= 0.6 is 0 Å². The zero-order valence-corrected chi connectivity index (χ0v) is 22.1. The maximum Gasteiger partial charge on any atom is 0.434 e. The van der Waals surface area contributed by atoms with Gasteiger partial charge in [0.1, 0.15) is 0 Å². The molecule has 0 saturated heterocycles. The Morgan fingerprint density at radius 3 is 2.46 bits per heavy atom. The third kappa shape index (κ3) is 5.05. The van der Waals surface area contributed by atoms with Crippen LogP contribution in [-0.4, -0.2) is 36.7 Å². The number of hydrogen-bond donors (Lipinski definition) is 2. The molecule has 1 aliphatic heterocycles. The molecule has 12 heteroatoms. The van der Waals surface area contributed by atoms with Crippen molar-refractivity contribution in [3.63, 3.8) is 0 Å². The molecule has 206 valence electrons. The third-order valence-electron chi connectivity index (χ3n) is 7.62. The van der Waals surface area contributed by atoms with E-state index in [1.807, 2.05) is 0 Å². The summed E-state index contributed by atoms with van der Waals surface area (Å²) in [5, 5.41) is 2.90. The molecular formula is C27H28F3N5O3S. The summed E-state index contributed by atoms with van der Waals surface area (Å²) in [7, 11) is -3.31. The SMILES string of the molecule is CCS(=O)(=O)c1ccc(CNC(=O)N2CC3(CCCC3)c3cc(-c4cnc(N)nc4C(F)(F)F)ccc32)cc1. The van der Waals surface area contributed by atoms with Crippen LogP contribution in [0, 0.1) is 0 Å². The van der Waals surface area contributed by atoms with Crippen LogP contribution in [0.1, 0.15) is 49.4 Å². The highest BCUT2D eigenvalue weighted by atomic mass is 32.2. The highest BCUT2D eigenvalue weighted by Crippen LogP contribution is 2.51. The van der Waals surface area contributed by atoms with E-state index in [9.17, 15) is 26.4 Å². The summed E-state index contributed by atoms with van der Waals surface area (Å²) in [6.07, 6.45) is -0.0439. The lowest BCUT2D eigenvalue weighted by Crippen LogP contribution is -2.41. The van der Waals surface area contributed by atoms with Crippen LogP contribution in [0.4, 0.5) is 29.6 Å². The fraction of sp³-hybridized carbons (Fsp3) is 0.370. The van der Waals surface area contributed by atoms with Crippen molar-refractivity contribution in [2.24, 2.45) is 0 Å². The van der Waals surface area contributed by atoms with Crippen LogP contribution < -0.4 is 16.0 Å². The Balaban J connectivity index is 1.42. The molecule has 3 aromatic rings. The van der Waals surface area contributed by atoms with Gasteiger partial charge in [0.05, 0.1) is 10.6 Å². The van der Waals surface area contributed by atoms with Gasteiger partial charge in [-0.2, -0.15) is 13.2 Å². The van der Waals surface area contributed by atoms with Crippen LogP contribution in [-0.2, 0) is 28.0 Å². The Morgan fingerprint density at radius 1 is 1.13 bits per heavy atom. The number of anilines is 2. The third-order valence-corrected chi connectivity index (χ3v) is 9.37. The minimum absolute atomic E-state index is 0.00376. The monoisotopic (exact) mass is 559 g/mol. The van der Waals surface area contributed by atoms with Crippen molar-refractivity contribution < 1.29 is 26.4 Å². The van der Waals surface area contributed by atoms with Gasteiger partial charge in [0.15, 0.2) is 15.5 Å². The smallest absolute Gasteiger partial charge is 0.368 e. The number of nitrogen functional groups attached to an aromatic ring is 1. The molecule has 2 aliphatic rings. The molecule has 5 rings (SSSR count). The number of carbonyl (C=O) groups excluding carboxylic acids is 1. The number of halogens is 3. The molecule has 1 aromatic heterocycles. The molecule has 1 fully saturated rings. The average molecular weight is 560 g/mol. The van der Waals surface area contributed by atoms with Gasteiger partial charge in [-0.05, 0) is 53.8 Å². The van der Waals surface area contributed by atoms with Gasteiger partial charge in [-0.3, -0.25) is 4.90 Å². The van der Waals surface area contributed by atoms with Crippen molar-refractivity contribution in [1.29, 1.82) is 0 Å². The summed E-state index contributed by atoms with van der Waals surface area (Å²) < 4.78 is 65.3. The minimum Gasteiger partial charge on any atom is -0.368 e. The lowest BCUT2D eigenvalue weighted by Gasteiger charge is -2.25. The quantitative estimate of drug-likeness (QED) is 0.450. The molecule has 1 spiro atoms. The topological polar surface area (TPSA) is 118 Å². The van der Waals surface area contributed by atoms with Crippen LogP contribution in [0.3, 0.4) is 0 Å². The first-order valence-corrected chi connectivity index (χ1v) is 14.3. The summed E-state index contributed by atoms with van der Waals surface area (Å²) in [6.45, 7) is 2.20. The van der Waals surface area contributed by atoms with Gasteiger partial charge in [0, 0.05) is 36.0 Å². The van der Waals surface area contributed by atoms with Gasteiger partial charge in [-0.15, -0.1) is 0 Å². The number of hydrogen-bond acceptors (Lipinski definition) is 6. The largest absolute Gasteiger partial charge is 0.434 e. The number of urea groups is 1. The molecule has 2 heterocycles. The molecule has 8 nitrogen and oxygen atoms in total. The van der Waals surface area contributed by atoms with Gasteiger partial charge < -0.3 is 11.1 Å². The summed E-state index contributed by atoms with van der Waals surface area (Å²) >= 11 is 0. The van der Waals surface area contributed by atoms with E-state index in [1.165, 1.54) is 12.1 Å². The highest BCUT2D eigenvalue weighted by Gasteiger charge is 2.46. The van der Waals surface area contributed by atoms with Crippen molar-refractivity contribution in [3.8, 4) is 11.1 Å². The van der Waals surface area contributed by atoms with Crippen molar-refractivity contribution in [2.75, 3.05) is 22.9 Å². The molecule has 0 bridgehead atoms. The zero-order chi connectivity index (χ0) is 28.0. The number of nitrogens with one attached hydrogen (secondary N) is 1. The summed E-state index contributed by atoms with van der Waals surface area (Å²) in [5.74, 6) is -0.451. The maximum absolute atomic E-state index is 13.7. The molecule has 1 aliphatic carbocycles. The predicted molar refractivity (Wildman–Crippen MR) is 141 cm³/mol. The van der Waals surface area contributed by atoms with E-state index in [2.05, 4.69) is 15.3 Å². The van der Waals surface area contributed by atoms with E-state index < -0.39 is 27.7 Å². The number of fused-ring (bicyclic) bond motifs is 2. The fourth-order valence-corrected chi connectivity index (χ4v) is 6.46. The normalized spacial score (nSPS) is 16.5. The highest BCUT2D eigenvalue weighted by molar-refractivity contribution is 7.91. The van der Waals surface area contributed by atoms with Gasteiger partial charge in [0.25, 0.3) is 0 Å². The number of sulfone groups is 1. The van der Waals surface area contributed by atoms with E-state index in [0.717, 1.165) is 43.0 Å². The van der Waals surface area contributed by atoms with Crippen molar-refractivity contribution in [2.45, 2.75) is 55.6 Å². The molecular weight excluding hydrogens is 531 g/mol. The van der Waals surface area contributed by atoms with E-state index in [1.54, 1.807) is 42.2 Å². The van der Waals surface area contributed by atoms with Crippen molar-refractivity contribution >= 4 is 27.5 Å². The predicted octanol–water partition coefficient (Wildman–Crippen LogP) is 5.08. The molecule has 0 radical (unpaired) electrons. The Morgan fingerprint density at radius 2 is 1.82 bits per heavy atom. The maximum atomic E-state index is 13.7. The number of amides is 2. The van der Waals surface area contributed by atoms with Gasteiger partial charge in [-0.25, -0.2) is 23.2 Å². The average Bonchev–Trinajstić information content (AvgIpc) is 3.52. The molecule has 2 aromatic carbocycles. The number of rotatable bonds is 5. The molecule has 0 atom stereocenters. The first-order chi connectivity index (χ1) is 18.4. The van der Waals surface area contributed by atoms with Crippen LogP contribution in [0.25, 0.3) is 11.1 Å². The molecule has 0 unspecified atom stereocenters. The Bertz CT molecular complexity index is 1520. The Kier molecular flexibility index (Phi) is 6.78. The van der Waals surface area contributed by atoms with Crippen LogP contribution in [0.2, 0.25) is 0 Å². The number of carbonyl (C=O) groups is 1. The van der Waals surface area contributed by atoms with Gasteiger partial charge in [-0.1, -0.05) is 38.0 Å². The van der Waals surface area contributed by atoms with E-state index in [0.29, 0.717) is 17.8 Å². The van der Waals surface area contributed by atoms with Gasteiger partial charge in [0.2, 0.25) is 5.95 Å². The summed E-state index contributed by atoms with van der Waals surface area (Å²) in [4.78, 5) is 22.4.